The number of hydrogen-bond acceptors (Lipinski definition) is 4. The molecule has 0 aromatic carbocycles. The Balaban J connectivity index is 0.00000144. The number of aromatic nitrogens is 2. The van der Waals surface area contributed by atoms with Gasteiger partial charge in [-0.3, -0.25) is 0 Å². The molecule has 1 aromatic heterocycles. The second-order valence-corrected chi connectivity index (χ2v) is 2.21. The van der Waals surface area contributed by atoms with Crippen LogP contribution in [0, 0.1) is 0 Å². The van der Waals surface area contributed by atoms with Crippen LogP contribution < -0.4 is 4.74 Å². The Kier molecular flexibility index (Phi) is 5.24. The predicted octanol–water partition coefficient (Wildman–Crippen LogP) is 0.188. The monoisotopic (exact) mass is 212 g/mol. The molecule has 0 aliphatic rings. The number of hydrogen-bond donors (Lipinski definition) is 1. The van der Waals surface area contributed by atoms with Crippen molar-refractivity contribution in [2.75, 3.05) is 7.11 Å². The fourth-order valence-electron chi connectivity index (χ4n) is 0.611. The van der Waals surface area contributed by atoms with Crippen LogP contribution in [0.4, 0.5) is 0 Å². The van der Waals surface area contributed by atoms with Crippen molar-refractivity contribution < 1.29 is 14.6 Å². The van der Waals surface area contributed by atoms with Gasteiger partial charge < -0.3 is 9.84 Å². The topological polar surface area (TPSA) is 72.3 Å². The predicted molar refractivity (Wildman–Crippen MR) is 47.7 cm³/mol. The van der Waals surface area contributed by atoms with Crippen LogP contribution in [0.25, 0.3) is 0 Å². The SMILES string of the molecule is COc1cc(C(=O)O)nc(Cl)n1.[NaH]. The van der Waals surface area contributed by atoms with Crippen molar-refractivity contribution in [2.45, 2.75) is 0 Å². The molecule has 1 heterocycles. The molecular weight excluding hydrogens is 207 g/mol. The summed E-state index contributed by atoms with van der Waals surface area (Å²) in [5.74, 6) is -1.04. The van der Waals surface area contributed by atoms with E-state index in [0.717, 1.165) is 0 Å². The molecule has 0 aliphatic carbocycles. The number of carboxylic acid groups (broad SMARTS) is 1. The van der Waals surface area contributed by atoms with Gasteiger partial charge in [0.15, 0.2) is 5.69 Å². The van der Waals surface area contributed by atoms with Gasteiger partial charge in [-0.15, -0.1) is 0 Å². The fraction of sp³-hybridized carbons (Fsp3) is 0.167. The summed E-state index contributed by atoms with van der Waals surface area (Å²) >= 11 is 5.41. The first-order valence-corrected chi connectivity index (χ1v) is 3.33. The number of ether oxygens (including phenoxy) is 1. The minimum atomic E-state index is -1.17. The molecule has 0 aliphatic heterocycles. The Morgan fingerprint density at radius 3 is 2.69 bits per heavy atom. The molecule has 1 rings (SSSR count). The maximum absolute atomic E-state index is 10.4. The standard InChI is InChI=1S/C6H5ClN2O3.Na.H/c1-12-4-2-3(5(10)11)8-6(7)9-4;;/h2H,1H3,(H,10,11);;. The second kappa shape index (κ2) is 5.39. The summed E-state index contributed by atoms with van der Waals surface area (Å²) in [5, 5.41) is 8.38. The van der Waals surface area contributed by atoms with Crippen LogP contribution in [0.5, 0.6) is 5.88 Å². The van der Waals surface area contributed by atoms with Gasteiger partial charge in [-0.2, -0.15) is 4.98 Å². The Morgan fingerprint density at radius 1 is 1.62 bits per heavy atom. The first-order chi connectivity index (χ1) is 5.63. The molecule has 0 saturated heterocycles. The van der Waals surface area contributed by atoms with E-state index < -0.39 is 5.97 Å². The van der Waals surface area contributed by atoms with Gasteiger partial charge in [0.2, 0.25) is 11.2 Å². The van der Waals surface area contributed by atoms with E-state index in [4.69, 9.17) is 16.7 Å². The normalized spacial score (nSPS) is 8.77. The molecule has 1 N–H and O–H groups in total. The number of aromatic carboxylic acids is 1. The molecule has 0 fully saturated rings. The number of carboxylic acids is 1. The van der Waals surface area contributed by atoms with E-state index in [0.29, 0.717) is 0 Å². The van der Waals surface area contributed by atoms with Crippen molar-refractivity contribution in [3.63, 3.8) is 0 Å². The molecule has 7 heteroatoms. The van der Waals surface area contributed by atoms with E-state index in [1.807, 2.05) is 0 Å². The number of methoxy groups -OCH3 is 1. The van der Waals surface area contributed by atoms with Crippen molar-refractivity contribution in [2.24, 2.45) is 0 Å². The van der Waals surface area contributed by atoms with Gasteiger partial charge in [-0.25, -0.2) is 9.78 Å². The molecule has 0 amide bonds. The summed E-state index contributed by atoms with van der Waals surface area (Å²) < 4.78 is 4.69. The minimum absolute atomic E-state index is 0. The summed E-state index contributed by atoms with van der Waals surface area (Å²) in [4.78, 5) is 17.5. The number of nitrogens with zero attached hydrogens (tertiary/aromatic N) is 2. The van der Waals surface area contributed by atoms with Gasteiger partial charge in [-0.1, -0.05) is 0 Å². The Morgan fingerprint density at radius 2 is 2.23 bits per heavy atom. The quantitative estimate of drug-likeness (QED) is 0.560. The third kappa shape index (κ3) is 3.48. The summed E-state index contributed by atoms with van der Waals surface area (Å²) in [7, 11) is 1.37. The van der Waals surface area contributed by atoms with Crippen molar-refractivity contribution in [3.8, 4) is 5.88 Å². The van der Waals surface area contributed by atoms with E-state index in [1.165, 1.54) is 13.2 Å². The van der Waals surface area contributed by atoms with Crippen LogP contribution in [0.15, 0.2) is 6.07 Å². The van der Waals surface area contributed by atoms with Crippen LogP contribution in [0.1, 0.15) is 10.5 Å². The Bertz CT molecular complexity index is 321. The molecule has 1 aromatic rings. The number of carbonyl (C=O) groups is 1. The summed E-state index contributed by atoms with van der Waals surface area (Å²) in [5.41, 5.74) is -0.188. The Labute approximate surface area is 101 Å². The van der Waals surface area contributed by atoms with E-state index in [1.54, 1.807) is 0 Å². The van der Waals surface area contributed by atoms with Crippen LogP contribution in [-0.4, -0.2) is 57.7 Å². The average molecular weight is 213 g/mol. The van der Waals surface area contributed by atoms with Crippen molar-refractivity contribution >= 4 is 47.1 Å². The molecule has 5 nitrogen and oxygen atoms in total. The van der Waals surface area contributed by atoms with E-state index >= 15 is 0 Å². The average Bonchev–Trinajstić information content (AvgIpc) is 2.03. The zero-order valence-corrected chi connectivity index (χ0v) is 6.87. The Hall–Kier alpha value is -0.360. The van der Waals surface area contributed by atoms with Crippen molar-refractivity contribution in [3.05, 3.63) is 17.0 Å². The summed E-state index contributed by atoms with van der Waals surface area (Å²) in [6, 6.07) is 1.19. The van der Waals surface area contributed by atoms with E-state index in [-0.39, 0.29) is 46.4 Å². The third-order valence-corrected chi connectivity index (χ3v) is 1.27. The van der Waals surface area contributed by atoms with Crippen LogP contribution in [0.2, 0.25) is 5.28 Å². The van der Waals surface area contributed by atoms with Gasteiger partial charge in [0, 0.05) is 6.07 Å². The zero-order chi connectivity index (χ0) is 9.14. The fourth-order valence-corrected chi connectivity index (χ4v) is 0.785. The van der Waals surface area contributed by atoms with Crippen molar-refractivity contribution in [1.82, 2.24) is 9.97 Å². The number of halogens is 1. The van der Waals surface area contributed by atoms with Crippen LogP contribution in [0.3, 0.4) is 0 Å². The van der Waals surface area contributed by atoms with Crippen molar-refractivity contribution in [1.29, 1.82) is 0 Å². The molecule has 0 spiro atoms. The molecule has 66 valence electrons. The van der Waals surface area contributed by atoms with Gasteiger partial charge >= 0.3 is 35.5 Å². The number of rotatable bonds is 2. The summed E-state index contributed by atoms with van der Waals surface area (Å²) in [6.45, 7) is 0. The first kappa shape index (κ1) is 12.6. The third-order valence-electron chi connectivity index (χ3n) is 1.10. The first-order valence-electron chi connectivity index (χ1n) is 2.95. The zero-order valence-electron chi connectivity index (χ0n) is 6.11. The van der Waals surface area contributed by atoms with Gasteiger partial charge in [0.25, 0.3) is 0 Å². The molecule has 0 bridgehead atoms. The second-order valence-electron chi connectivity index (χ2n) is 1.87. The summed E-state index contributed by atoms with van der Waals surface area (Å²) in [6.07, 6.45) is 0. The van der Waals surface area contributed by atoms with Gasteiger partial charge in [0.1, 0.15) is 0 Å². The van der Waals surface area contributed by atoms with Gasteiger partial charge in [0.05, 0.1) is 7.11 Å². The van der Waals surface area contributed by atoms with Gasteiger partial charge in [-0.05, 0) is 11.6 Å². The van der Waals surface area contributed by atoms with Crippen LogP contribution in [-0.2, 0) is 0 Å². The molecule has 0 radical (unpaired) electrons. The molecule has 0 saturated carbocycles. The van der Waals surface area contributed by atoms with E-state index in [2.05, 4.69) is 14.7 Å². The maximum atomic E-state index is 10.4. The molecular formula is C6H6ClN2NaO3. The molecule has 0 unspecified atom stereocenters. The molecule has 13 heavy (non-hydrogen) atoms. The van der Waals surface area contributed by atoms with E-state index in [9.17, 15) is 4.79 Å². The van der Waals surface area contributed by atoms with Crippen LogP contribution >= 0.6 is 11.6 Å². The molecule has 0 atom stereocenters.